The quantitative estimate of drug-likeness (QED) is 0.833. The summed E-state index contributed by atoms with van der Waals surface area (Å²) in [6, 6.07) is 3.09. The highest BCUT2D eigenvalue weighted by atomic mass is 32.2. The van der Waals surface area contributed by atoms with Gasteiger partial charge in [-0.1, -0.05) is 0 Å². The van der Waals surface area contributed by atoms with E-state index in [4.69, 9.17) is 0 Å². The largest absolute Gasteiger partial charge is 0.388 e. The summed E-state index contributed by atoms with van der Waals surface area (Å²) in [5.74, 6) is 0.315. The van der Waals surface area contributed by atoms with E-state index >= 15 is 0 Å². The molecule has 17 heavy (non-hydrogen) atoms. The van der Waals surface area contributed by atoms with Crippen LogP contribution in [0.25, 0.3) is 0 Å². The molecule has 0 spiro atoms. The Bertz CT molecular complexity index is 509. The third kappa shape index (κ3) is 2.76. The van der Waals surface area contributed by atoms with Crippen LogP contribution in [0.1, 0.15) is 19.3 Å². The Balaban J connectivity index is 2.16. The Hall–Kier alpha value is -1.14. The van der Waals surface area contributed by atoms with E-state index in [9.17, 15) is 13.5 Å². The molecule has 0 bridgehead atoms. The lowest BCUT2D eigenvalue weighted by Crippen LogP contribution is -2.43. The second-order valence-electron chi connectivity index (χ2n) is 4.55. The van der Waals surface area contributed by atoms with Crippen LogP contribution in [0.15, 0.2) is 23.2 Å². The lowest BCUT2D eigenvalue weighted by molar-refractivity contribution is -0.0203. The van der Waals surface area contributed by atoms with Crippen LogP contribution < -0.4 is 5.32 Å². The summed E-state index contributed by atoms with van der Waals surface area (Å²) in [5.41, 5.74) is -0.702. The Kier molecular flexibility index (Phi) is 3.09. The van der Waals surface area contributed by atoms with Crippen molar-refractivity contribution < 1.29 is 13.5 Å². The predicted molar refractivity (Wildman–Crippen MR) is 64.6 cm³/mol. The van der Waals surface area contributed by atoms with Crippen molar-refractivity contribution in [2.24, 2.45) is 0 Å². The van der Waals surface area contributed by atoms with Crippen LogP contribution in [-0.4, -0.2) is 36.9 Å². The van der Waals surface area contributed by atoms with E-state index in [1.165, 1.54) is 12.3 Å². The van der Waals surface area contributed by atoms with Gasteiger partial charge >= 0.3 is 0 Å². The molecular formula is C11H16N2O3S. The summed E-state index contributed by atoms with van der Waals surface area (Å²) in [6.07, 6.45) is 5.19. The van der Waals surface area contributed by atoms with Gasteiger partial charge in [-0.15, -0.1) is 0 Å². The van der Waals surface area contributed by atoms with Gasteiger partial charge in [0.15, 0.2) is 9.84 Å². The highest BCUT2D eigenvalue weighted by Gasteiger charge is 2.34. The van der Waals surface area contributed by atoms with Crippen LogP contribution in [0.5, 0.6) is 0 Å². The maximum atomic E-state index is 11.5. The van der Waals surface area contributed by atoms with Gasteiger partial charge < -0.3 is 10.4 Å². The smallest absolute Gasteiger partial charge is 0.179 e. The molecule has 0 amide bonds. The lowest BCUT2D eigenvalue weighted by Gasteiger charge is -2.36. The van der Waals surface area contributed by atoms with E-state index < -0.39 is 15.4 Å². The summed E-state index contributed by atoms with van der Waals surface area (Å²) in [5, 5.41) is 12.8. The topological polar surface area (TPSA) is 79.3 Å². The molecule has 1 saturated carbocycles. The number of nitrogens with zero attached hydrogens (tertiary/aromatic N) is 1. The first-order valence-corrected chi connectivity index (χ1v) is 7.41. The average Bonchev–Trinajstić information content (AvgIpc) is 2.23. The Labute approximate surface area is 101 Å². The molecule has 94 valence electrons. The van der Waals surface area contributed by atoms with Crippen molar-refractivity contribution in [3.8, 4) is 0 Å². The fraction of sp³-hybridized carbons (Fsp3) is 0.545. The van der Waals surface area contributed by atoms with E-state index in [-0.39, 0.29) is 4.90 Å². The van der Waals surface area contributed by atoms with Gasteiger partial charge in [0.05, 0.1) is 5.60 Å². The summed E-state index contributed by atoms with van der Waals surface area (Å²) in [6.45, 7) is 0.340. The molecule has 0 aromatic carbocycles. The van der Waals surface area contributed by atoms with E-state index in [2.05, 4.69) is 10.3 Å². The number of hydrogen-bond donors (Lipinski definition) is 2. The zero-order valence-corrected chi connectivity index (χ0v) is 10.5. The molecule has 1 aliphatic rings. The molecule has 1 aliphatic carbocycles. The Morgan fingerprint density at radius 3 is 2.76 bits per heavy atom. The van der Waals surface area contributed by atoms with Crippen molar-refractivity contribution in [2.45, 2.75) is 29.8 Å². The second-order valence-corrected chi connectivity index (χ2v) is 6.54. The normalized spacial score (nSPS) is 18.5. The highest BCUT2D eigenvalue weighted by molar-refractivity contribution is 7.90. The van der Waals surface area contributed by atoms with Crippen LogP contribution in [-0.2, 0) is 9.84 Å². The van der Waals surface area contributed by atoms with Crippen molar-refractivity contribution in [2.75, 3.05) is 18.1 Å². The van der Waals surface area contributed by atoms with E-state index in [1.54, 1.807) is 6.07 Å². The first-order chi connectivity index (χ1) is 7.91. The molecule has 1 aromatic heterocycles. The van der Waals surface area contributed by atoms with Crippen molar-refractivity contribution in [3.05, 3.63) is 18.3 Å². The number of aromatic nitrogens is 1. The Morgan fingerprint density at radius 2 is 2.24 bits per heavy atom. The van der Waals surface area contributed by atoms with Crippen molar-refractivity contribution in [1.29, 1.82) is 0 Å². The number of rotatable bonds is 4. The van der Waals surface area contributed by atoms with Crippen molar-refractivity contribution in [1.82, 2.24) is 4.98 Å². The molecule has 2 rings (SSSR count). The van der Waals surface area contributed by atoms with Crippen LogP contribution in [0, 0.1) is 0 Å². The highest BCUT2D eigenvalue weighted by Crippen LogP contribution is 2.32. The van der Waals surface area contributed by atoms with Gasteiger partial charge in [0, 0.05) is 19.0 Å². The molecule has 1 heterocycles. The SMILES string of the molecule is CS(=O)(=O)c1cccnc1NCC1(O)CCC1. The first kappa shape index (κ1) is 12.3. The Morgan fingerprint density at radius 1 is 1.53 bits per heavy atom. The average molecular weight is 256 g/mol. The van der Waals surface area contributed by atoms with Gasteiger partial charge in [-0.3, -0.25) is 0 Å². The van der Waals surface area contributed by atoms with E-state index in [0.29, 0.717) is 12.4 Å². The molecular weight excluding hydrogens is 240 g/mol. The summed E-state index contributed by atoms with van der Waals surface area (Å²) >= 11 is 0. The molecule has 1 aromatic rings. The van der Waals surface area contributed by atoms with Crippen LogP contribution in [0.4, 0.5) is 5.82 Å². The number of pyridine rings is 1. The molecule has 1 fully saturated rings. The molecule has 6 heteroatoms. The van der Waals surface area contributed by atoms with Crippen LogP contribution >= 0.6 is 0 Å². The minimum absolute atomic E-state index is 0.169. The molecule has 5 nitrogen and oxygen atoms in total. The minimum atomic E-state index is -3.30. The van der Waals surface area contributed by atoms with Crippen molar-refractivity contribution in [3.63, 3.8) is 0 Å². The van der Waals surface area contributed by atoms with Gasteiger partial charge in [-0.2, -0.15) is 0 Å². The number of anilines is 1. The first-order valence-electron chi connectivity index (χ1n) is 5.52. The molecule has 0 radical (unpaired) electrons. The van der Waals surface area contributed by atoms with Gasteiger partial charge in [0.1, 0.15) is 10.7 Å². The number of nitrogens with one attached hydrogen (secondary N) is 1. The van der Waals surface area contributed by atoms with Gasteiger partial charge in [-0.05, 0) is 31.4 Å². The summed E-state index contributed by atoms with van der Waals surface area (Å²) < 4.78 is 23.0. The summed E-state index contributed by atoms with van der Waals surface area (Å²) in [7, 11) is -3.30. The standard InChI is InChI=1S/C11H16N2O3S/c1-17(15,16)9-4-2-7-12-10(9)13-8-11(14)5-3-6-11/h2,4,7,14H,3,5-6,8H2,1H3,(H,12,13). The van der Waals surface area contributed by atoms with Crippen LogP contribution in [0.2, 0.25) is 0 Å². The molecule has 2 N–H and O–H groups in total. The number of sulfone groups is 1. The fourth-order valence-electron chi connectivity index (χ4n) is 1.83. The molecule has 0 aliphatic heterocycles. The zero-order chi connectivity index (χ0) is 12.5. The van der Waals surface area contributed by atoms with Gasteiger partial charge in [-0.25, -0.2) is 13.4 Å². The summed E-state index contributed by atoms with van der Waals surface area (Å²) in [4.78, 5) is 4.17. The van der Waals surface area contributed by atoms with Gasteiger partial charge in [0.25, 0.3) is 0 Å². The maximum absolute atomic E-state index is 11.5. The van der Waals surface area contributed by atoms with E-state index in [1.807, 2.05) is 0 Å². The number of hydrogen-bond acceptors (Lipinski definition) is 5. The van der Waals surface area contributed by atoms with Crippen LogP contribution in [0.3, 0.4) is 0 Å². The third-order valence-corrected chi connectivity index (χ3v) is 4.17. The monoisotopic (exact) mass is 256 g/mol. The third-order valence-electron chi connectivity index (χ3n) is 3.04. The number of aliphatic hydroxyl groups is 1. The zero-order valence-electron chi connectivity index (χ0n) is 9.68. The molecule has 0 atom stereocenters. The minimum Gasteiger partial charge on any atom is -0.388 e. The predicted octanol–water partition coefficient (Wildman–Crippen LogP) is 0.812. The van der Waals surface area contributed by atoms with Gasteiger partial charge in [0.2, 0.25) is 0 Å². The fourth-order valence-corrected chi connectivity index (χ4v) is 2.63. The van der Waals surface area contributed by atoms with Crippen molar-refractivity contribution >= 4 is 15.7 Å². The second kappa shape index (κ2) is 4.27. The molecule has 0 saturated heterocycles. The lowest BCUT2D eigenvalue weighted by atomic mass is 9.80. The maximum Gasteiger partial charge on any atom is 0.179 e. The molecule has 0 unspecified atom stereocenters. The van der Waals surface area contributed by atoms with E-state index in [0.717, 1.165) is 25.5 Å².